The van der Waals surface area contributed by atoms with Gasteiger partial charge in [-0.15, -0.1) is 0 Å². The summed E-state index contributed by atoms with van der Waals surface area (Å²) < 4.78 is 5.71. The molecule has 1 amide bonds. The van der Waals surface area contributed by atoms with E-state index in [2.05, 4.69) is 24.5 Å². The van der Waals surface area contributed by atoms with Crippen LogP contribution in [0.4, 0.5) is 0 Å². The minimum Gasteiger partial charge on any atom is -0.378 e. The fourth-order valence-corrected chi connectivity index (χ4v) is 2.22. The first kappa shape index (κ1) is 12.8. The number of rotatable bonds is 5. The zero-order valence-corrected chi connectivity index (χ0v) is 10.9. The number of hydrogen-bond donors (Lipinski definition) is 2. The van der Waals surface area contributed by atoms with Crippen LogP contribution in [0.15, 0.2) is 0 Å². The molecule has 1 saturated heterocycles. The SMILES string of the molecule is CC(C)C1CC(NCC(=O)NC2CC2)CCO1. The summed E-state index contributed by atoms with van der Waals surface area (Å²) in [5.41, 5.74) is 0. The van der Waals surface area contributed by atoms with Gasteiger partial charge in [-0.25, -0.2) is 0 Å². The second-order valence-corrected chi connectivity index (χ2v) is 5.60. The van der Waals surface area contributed by atoms with Crippen molar-refractivity contribution in [2.24, 2.45) is 5.92 Å². The molecule has 1 heterocycles. The number of carbonyl (C=O) groups is 1. The van der Waals surface area contributed by atoms with E-state index in [1.54, 1.807) is 0 Å². The summed E-state index contributed by atoms with van der Waals surface area (Å²) in [5, 5.41) is 6.34. The molecule has 2 aliphatic rings. The van der Waals surface area contributed by atoms with Crippen molar-refractivity contribution in [3.63, 3.8) is 0 Å². The van der Waals surface area contributed by atoms with Gasteiger partial charge in [0, 0.05) is 18.7 Å². The Morgan fingerprint density at radius 1 is 1.29 bits per heavy atom. The van der Waals surface area contributed by atoms with E-state index in [-0.39, 0.29) is 5.91 Å². The minimum atomic E-state index is 0.139. The van der Waals surface area contributed by atoms with Crippen LogP contribution < -0.4 is 10.6 Å². The highest BCUT2D eigenvalue weighted by atomic mass is 16.5. The molecule has 2 unspecified atom stereocenters. The Morgan fingerprint density at radius 2 is 2.06 bits per heavy atom. The van der Waals surface area contributed by atoms with Crippen LogP contribution in [0.2, 0.25) is 0 Å². The maximum Gasteiger partial charge on any atom is 0.234 e. The zero-order chi connectivity index (χ0) is 12.3. The van der Waals surface area contributed by atoms with Crippen molar-refractivity contribution in [3.8, 4) is 0 Å². The van der Waals surface area contributed by atoms with Crippen molar-refractivity contribution in [3.05, 3.63) is 0 Å². The van der Waals surface area contributed by atoms with Crippen LogP contribution in [-0.2, 0) is 9.53 Å². The Hall–Kier alpha value is -0.610. The van der Waals surface area contributed by atoms with Crippen LogP contribution in [-0.4, -0.2) is 37.2 Å². The van der Waals surface area contributed by atoms with Crippen molar-refractivity contribution in [2.75, 3.05) is 13.2 Å². The molecule has 0 radical (unpaired) electrons. The predicted molar refractivity (Wildman–Crippen MR) is 66.8 cm³/mol. The Bertz CT molecular complexity index is 264. The predicted octanol–water partition coefficient (Wildman–Crippen LogP) is 1.06. The van der Waals surface area contributed by atoms with Crippen LogP contribution in [0.25, 0.3) is 0 Å². The van der Waals surface area contributed by atoms with Gasteiger partial charge in [0.05, 0.1) is 12.6 Å². The maximum atomic E-state index is 11.5. The highest BCUT2D eigenvalue weighted by Gasteiger charge is 2.26. The third-order valence-corrected chi connectivity index (χ3v) is 3.55. The molecular weight excluding hydrogens is 216 g/mol. The number of ether oxygens (including phenoxy) is 1. The average molecular weight is 240 g/mol. The molecule has 1 aliphatic carbocycles. The average Bonchev–Trinajstić information content (AvgIpc) is 3.11. The van der Waals surface area contributed by atoms with Gasteiger partial charge in [0.15, 0.2) is 0 Å². The minimum absolute atomic E-state index is 0.139. The number of carbonyl (C=O) groups excluding carboxylic acids is 1. The quantitative estimate of drug-likeness (QED) is 0.755. The van der Waals surface area contributed by atoms with Gasteiger partial charge in [0.25, 0.3) is 0 Å². The molecule has 1 aliphatic heterocycles. The van der Waals surface area contributed by atoms with Crippen molar-refractivity contribution in [2.45, 2.75) is 57.7 Å². The van der Waals surface area contributed by atoms with Crippen LogP contribution in [0.5, 0.6) is 0 Å². The standard InChI is InChI=1S/C13H24N2O2/c1-9(2)12-7-11(5-6-17-12)14-8-13(16)15-10-3-4-10/h9-12,14H,3-8H2,1-2H3,(H,15,16). The Morgan fingerprint density at radius 3 is 2.71 bits per heavy atom. The van der Waals surface area contributed by atoms with E-state index in [9.17, 15) is 4.79 Å². The molecule has 4 heteroatoms. The van der Waals surface area contributed by atoms with Gasteiger partial charge in [0.1, 0.15) is 0 Å². The lowest BCUT2D eigenvalue weighted by molar-refractivity contribution is -0.120. The van der Waals surface area contributed by atoms with Crippen LogP contribution in [0.1, 0.15) is 39.5 Å². The molecule has 0 aromatic carbocycles. The Balaban J connectivity index is 1.65. The first-order chi connectivity index (χ1) is 8.15. The second-order valence-electron chi connectivity index (χ2n) is 5.60. The normalized spacial score (nSPS) is 29.4. The second kappa shape index (κ2) is 5.83. The van der Waals surface area contributed by atoms with Crippen LogP contribution >= 0.6 is 0 Å². The maximum absolute atomic E-state index is 11.5. The van der Waals surface area contributed by atoms with Gasteiger partial charge < -0.3 is 15.4 Å². The Labute approximate surface area is 103 Å². The molecule has 2 fully saturated rings. The molecule has 2 rings (SSSR count). The third kappa shape index (κ3) is 4.28. The molecule has 98 valence electrons. The van der Waals surface area contributed by atoms with Gasteiger partial charge in [-0.3, -0.25) is 4.79 Å². The van der Waals surface area contributed by atoms with E-state index in [0.717, 1.165) is 32.3 Å². The topological polar surface area (TPSA) is 50.4 Å². The molecule has 1 saturated carbocycles. The van der Waals surface area contributed by atoms with Crippen molar-refractivity contribution >= 4 is 5.91 Å². The smallest absolute Gasteiger partial charge is 0.234 e. The molecule has 0 spiro atoms. The van der Waals surface area contributed by atoms with E-state index >= 15 is 0 Å². The third-order valence-electron chi connectivity index (χ3n) is 3.55. The summed E-state index contributed by atoms with van der Waals surface area (Å²) >= 11 is 0. The van der Waals surface area contributed by atoms with Gasteiger partial charge in [-0.1, -0.05) is 13.8 Å². The van der Waals surface area contributed by atoms with Crippen LogP contribution in [0.3, 0.4) is 0 Å². The molecule has 17 heavy (non-hydrogen) atoms. The van der Waals surface area contributed by atoms with Crippen LogP contribution in [0, 0.1) is 5.92 Å². The van der Waals surface area contributed by atoms with Gasteiger partial charge >= 0.3 is 0 Å². The lowest BCUT2D eigenvalue weighted by Crippen LogP contribution is -2.45. The number of nitrogens with one attached hydrogen (secondary N) is 2. The summed E-state index contributed by atoms with van der Waals surface area (Å²) in [6, 6.07) is 0.892. The van der Waals surface area contributed by atoms with Crippen molar-refractivity contribution < 1.29 is 9.53 Å². The number of amides is 1. The molecular formula is C13H24N2O2. The summed E-state index contributed by atoms with van der Waals surface area (Å²) in [4.78, 5) is 11.5. The molecule has 0 bridgehead atoms. The van der Waals surface area contributed by atoms with E-state index in [0.29, 0.717) is 30.7 Å². The van der Waals surface area contributed by atoms with E-state index < -0.39 is 0 Å². The molecule has 2 N–H and O–H groups in total. The summed E-state index contributed by atoms with van der Waals surface area (Å²) in [6.45, 7) is 5.64. The summed E-state index contributed by atoms with van der Waals surface area (Å²) in [6.07, 6.45) is 4.68. The highest BCUT2D eigenvalue weighted by molar-refractivity contribution is 5.78. The van der Waals surface area contributed by atoms with Gasteiger partial charge in [-0.2, -0.15) is 0 Å². The highest BCUT2D eigenvalue weighted by Crippen LogP contribution is 2.20. The number of hydrogen-bond acceptors (Lipinski definition) is 3. The van der Waals surface area contributed by atoms with E-state index in [4.69, 9.17) is 4.74 Å². The van der Waals surface area contributed by atoms with E-state index in [1.807, 2.05) is 0 Å². The van der Waals surface area contributed by atoms with Crippen molar-refractivity contribution in [1.82, 2.24) is 10.6 Å². The van der Waals surface area contributed by atoms with Gasteiger partial charge in [-0.05, 0) is 31.6 Å². The Kier molecular flexibility index (Phi) is 4.40. The lowest BCUT2D eigenvalue weighted by atomic mass is 9.95. The van der Waals surface area contributed by atoms with Crippen molar-refractivity contribution in [1.29, 1.82) is 0 Å². The largest absolute Gasteiger partial charge is 0.378 e. The monoisotopic (exact) mass is 240 g/mol. The first-order valence-electron chi connectivity index (χ1n) is 6.79. The van der Waals surface area contributed by atoms with E-state index in [1.165, 1.54) is 0 Å². The molecule has 0 aromatic rings. The zero-order valence-electron chi connectivity index (χ0n) is 10.9. The fourth-order valence-electron chi connectivity index (χ4n) is 2.22. The summed E-state index contributed by atoms with van der Waals surface area (Å²) in [7, 11) is 0. The molecule has 2 atom stereocenters. The fraction of sp³-hybridized carbons (Fsp3) is 0.923. The van der Waals surface area contributed by atoms with Gasteiger partial charge in [0.2, 0.25) is 5.91 Å². The lowest BCUT2D eigenvalue weighted by Gasteiger charge is -2.32. The molecule has 0 aromatic heterocycles. The molecule has 4 nitrogen and oxygen atoms in total. The first-order valence-corrected chi connectivity index (χ1v) is 6.79. The summed E-state index contributed by atoms with van der Waals surface area (Å²) in [5.74, 6) is 0.694.